The van der Waals surface area contributed by atoms with Gasteiger partial charge in [0.15, 0.2) is 16.6 Å². The molecule has 0 saturated carbocycles. The molecule has 10 nitrogen and oxygen atoms in total. The van der Waals surface area contributed by atoms with Gasteiger partial charge in [0, 0.05) is 20.2 Å². The van der Waals surface area contributed by atoms with Crippen molar-refractivity contribution < 1.29 is 19.4 Å². The maximum atomic E-state index is 12.7. The first-order valence-corrected chi connectivity index (χ1v) is 9.51. The smallest absolute Gasteiger partial charge is 0.281 e. The largest absolute Gasteiger partial charge is 0.505 e. The number of nitrogens with one attached hydrogen (secondary N) is 1. The molecule has 0 bridgehead atoms. The van der Waals surface area contributed by atoms with E-state index in [-0.39, 0.29) is 16.7 Å². The molecule has 11 heteroatoms. The molecule has 3 aromatic rings. The van der Waals surface area contributed by atoms with Crippen LogP contribution in [0.15, 0.2) is 35.1 Å². The molecule has 0 aliphatic heterocycles. The van der Waals surface area contributed by atoms with Crippen LogP contribution in [-0.2, 0) is 0 Å². The molecule has 1 aromatic carbocycles. The van der Waals surface area contributed by atoms with Gasteiger partial charge in [0.2, 0.25) is 0 Å². The summed E-state index contributed by atoms with van der Waals surface area (Å²) in [5, 5.41) is 16.8. The van der Waals surface area contributed by atoms with Gasteiger partial charge in [-0.3, -0.25) is 19.7 Å². The average molecular weight is 429 g/mol. The monoisotopic (exact) mass is 429 g/mol. The van der Waals surface area contributed by atoms with Crippen molar-refractivity contribution in [3.8, 4) is 17.2 Å². The van der Waals surface area contributed by atoms with E-state index < -0.39 is 17.2 Å². The minimum Gasteiger partial charge on any atom is -0.505 e. The predicted octanol–water partition coefficient (Wildman–Crippen LogP) is 1.67. The number of amides is 2. The van der Waals surface area contributed by atoms with Crippen LogP contribution in [0.2, 0.25) is 0 Å². The quantitative estimate of drug-likeness (QED) is 0.632. The molecule has 2 heterocycles. The lowest BCUT2D eigenvalue weighted by Crippen LogP contribution is -2.25. The van der Waals surface area contributed by atoms with Gasteiger partial charge in [0.05, 0.1) is 12.8 Å². The summed E-state index contributed by atoms with van der Waals surface area (Å²) in [4.78, 5) is 43.2. The van der Waals surface area contributed by atoms with Crippen LogP contribution in [0.25, 0.3) is 5.69 Å². The lowest BCUT2D eigenvalue weighted by molar-refractivity contribution is 0.0831. The normalized spacial score (nSPS) is 10.5. The molecule has 0 radical (unpaired) electrons. The van der Waals surface area contributed by atoms with Crippen LogP contribution in [0.3, 0.4) is 0 Å². The number of para-hydroxylation sites is 2. The Hall–Kier alpha value is -3.73. The summed E-state index contributed by atoms with van der Waals surface area (Å²) in [6, 6.07) is 7.52. The number of methoxy groups -OCH3 is 1. The molecule has 0 aliphatic carbocycles. The van der Waals surface area contributed by atoms with Gasteiger partial charge < -0.3 is 14.7 Å². The van der Waals surface area contributed by atoms with Crippen LogP contribution in [0, 0.1) is 6.92 Å². The SMILES string of the molecule is COc1ccccc1-n1nc(C(=O)Nc2nc(C)c(C(=O)N(C)C)s2)c(O)cc1=O. The molecule has 30 heavy (non-hydrogen) atoms. The number of carbonyl (C=O) groups excluding carboxylic acids is 2. The number of aryl methyl sites for hydroxylation is 1. The maximum absolute atomic E-state index is 12.7. The Kier molecular flexibility index (Phi) is 5.83. The van der Waals surface area contributed by atoms with E-state index in [9.17, 15) is 19.5 Å². The van der Waals surface area contributed by atoms with Crippen molar-refractivity contribution in [2.45, 2.75) is 6.92 Å². The van der Waals surface area contributed by atoms with Gasteiger partial charge in [-0.15, -0.1) is 0 Å². The van der Waals surface area contributed by atoms with Crippen molar-refractivity contribution in [2.75, 3.05) is 26.5 Å². The molecule has 0 spiro atoms. The van der Waals surface area contributed by atoms with E-state index in [4.69, 9.17) is 4.74 Å². The fourth-order valence-corrected chi connectivity index (χ4v) is 3.58. The van der Waals surface area contributed by atoms with Gasteiger partial charge in [-0.2, -0.15) is 9.78 Å². The third-order valence-corrected chi connectivity index (χ3v) is 5.12. The number of ether oxygens (including phenoxy) is 1. The molecule has 2 amide bonds. The van der Waals surface area contributed by atoms with Gasteiger partial charge in [-0.25, -0.2) is 4.98 Å². The minimum absolute atomic E-state index is 0.166. The van der Waals surface area contributed by atoms with Gasteiger partial charge in [0.1, 0.15) is 16.3 Å². The summed E-state index contributed by atoms with van der Waals surface area (Å²) in [5.41, 5.74) is -0.250. The van der Waals surface area contributed by atoms with Crippen LogP contribution in [0.5, 0.6) is 11.5 Å². The van der Waals surface area contributed by atoms with E-state index in [0.717, 1.165) is 22.1 Å². The predicted molar refractivity (Wildman–Crippen MR) is 111 cm³/mol. The number of hydrogen-bond acceptors (Lipinski definition) is 8. The molecular formula is C19H19N5O5S. The van der Waals surface area contributed by atoms with Gasteiger partial charge in [-0.1, -0.05) is 23.5 Å². The summed E-state index contributed by atoms with van der Waals surface area (Å²) in [6.07, 6.45) is 0. The summed E-state index contributed by atoms with van der Waals surface area (Å²) in [7, 11) is 4.67. The first-order chi connectivity index (χ1) is 14.2. The molecule has 2 aromatic heterocycles. The molecule has 3 rings (SSSR count). The fourth-order valence-electron chi connectivity index (χ4n) is 2.59. The highest BCUT2D eigenvalue weighted by Crippen LogP contribution is 2.25. The summed E-state index contributed by atoms with van der Waals surface area (Å²) >= 11 is 1.00. The van der Waals surface area contributed by atoms with Crippen molar-refractivity contribution in [3.63, 3.8) is 0 Å². The van der Waals surface area contributed by atoms with E-state index in [1.54, 1.807) is 45.3 Å². The Morgan fingerprint density at radius 2 is 1.97 bits per heavy atom. The standard InChI is InChI=1S/C19H19N5O5S/c1-10-16(18(28)23(2)3)30-19(20-10)21-17(27)15-12(25)9-14(26)24(22-15)11-7-5-6-8-13(11)29-4/h5-9,25H,1-4H3,(H,20,21,27). The van der Waals surface area contributed by atoms with Gasteiger partial charge >= 0.3 is 0 Å². The number of carbonyl (C=O) groups is 2. The van der Waals surface area contributed by atoms with E-state index in [2.05, 4.69) is 15.4 Å². The Labute approximate surface area is 175 Å². The lowest BCUT2D eigenvalue weighted by atomic mass is 10.3. The fraction of sp³-hybridized carbons (Fsp3) is 0.211. The molecule has 0 atom stereocenters. The molecule has 0 fully saturated rings. The van der Waals surface area contributed by atoms with E-state index in [1.807, 2.05) is 0 Å². The second-order valence-corrected chi connectivity index (χ2v) is 7.39. The first kappa shape index (κ1) is 21.0. The van der Waals surface area contributed by atoms with Crippen LogP contribution in [0.4, 0.5) is 5.13 Å². The zero-order valence-corrected chi connectivity index (χ0v) is 17.5. The van der Waals surface area contributed by atoms with E-state index in [1.165, 1.54) is 12.0 Å². The summed E-state index contributed by atoms with van der Waals surface area (Å²) in [6.45, 7) is 1.65. The van der Waals surface area contributed by atoms with Crippen LogP contribution >= 0.6 is 11.3 Å². The number of anilines is 1. The number of nitrogens with zero attached hydrogens (tertiary/aromatic N) is 4. The van der Waals surface area contributed by atoms with Gasteiger partial charge in [-0.05, 0) is 19.1 Å². The topological polar surface area (TPSA) is 127 Å². The Balaban J connectivity index is 1.97. The number of thiazole rings is 1. The molecule has 0 saturated heterocycles. The summed E-state index contributed by atoms with van der Waals surface area (Å²) in [5.74, 6) is -1.24. The third-order valence-electron chi connectivity index (χ3n) is 4.06. The highest BCUT2D eigenvalue weighted by Gasteiger charge is 2.22. The first-order valence-electron chi connectivity index (χ1n) is 8.70. The second kappa shape index (κ2) is 8.33. The second-order valence-electron chi connectivity index (χ2n) is 6.39. The van der Waals surface area contributed by atoms with E-state index >= 15 is 0 Å². The molecule has 2 N–H and O–H groups in total. The minimum atomic E-state index is -0.784. The number of aromatic hydroxyl groups is 1. The van der Waals surface area contributed by atoms with Crippen LogP contribution in [-0.4, -0.2) is 57.8 Å². The van der Waals surface area contributed by atoms with Crippen LogP contribution < -0.4 is 15.6 Å². The maximum Gasteiger partial charge on any atom is 0.281 e. The van der Waals surface area contributed by atoms with Crippen molar-refractivity contribution in [1.82, 2.24) is 19.7 Å². The third kappa shape index (κ3) is 4.01. The zero-order valence-electron chi connectivity index (χ0n) is 16.7. The number of rotatable bonds is 5. The molecule has 156 valence electrons. The lowest BCUT2D eigenvalue weighted by Gasteiger charge is -2.11. The Morgan fingerprint density at radius 3 is 2.63 bits per heavy atom. The van der Waals surface area contributed by atoms with Crippen molar-refractivity contribution in [3.05, 3.63) is 57.0 Å². The molecule has 0 unspecified atom stereocenters. The van der Waals surface area contributed by atoms with E-state index in [0.29, 0.717) is 22.0 Å². The number of aromatic nitrogens is 3. The Bertz CT molecular complexity index is 1180. The highest BCUT2D eigenvalue weighted by atomic mass is 32.1. The van der Waals surface area contributed by atoms with Gasteiger partial charge in [0.25, 0.3) is 17.4 Å². The molecular weight excluding hydrogens is 410 g/mol. The average Bonchev–Trinajstić information content (AvgIpc) is 3.07. The van der Waals surface area contributed by atoms with Crippen molar-refractivity contribution in [1.29, 1.82) is 0 Å². The van der Waals surface area contributed by atoms with Crippen molar-refractivity contribution >= 4 is 28.3 Å². The van der Waals surface area contributed by atoms with Crippen LogP contribution in [0.1, 0.15) is 25.9 Å². The summed E-state index contributed by atoms with van der Waals surface area (Å²) < 4.78 is 6.19. The Morgan fingerprint density at radius 1 is 1.27 bits per heavy atom. The highest BCUT2D eigenvalue weighted by molar-refractivity contribution is 7.17. The zero-order chi connectivity index (χ0) is 22.0. The number of benzene rings is 1. The molecule has 0 aliphatic rings. The number of hydrogen-bond donors (Lipinski definition) is 2. The van der Waals surface area contributed by atoms with Crippen molar-refractivity contribution in [2.24, 2.45) is 0 Å².